The van der Waals surface area contributed by atoms with Gasteiger partial charge in [-0.15, -0.1) is 0 Å². The summed E-state index contributed by atoms with van der Waals surface area (Å²) in [6, 6.07) is 0. The molecule has 1 fully saturated rings. The summed E-state index contributed by atoms with van der Waals surface area (Å²) in [6.07, 6.45) is 19.1. The number of piperidine rings is 1. The molecule has 0 aromatic rings. The zero-order valence-corrected chi connectivity index (χ0v) is 12.4. The number of unbranched alkanes of at least 4 members (excludes halogenated alkanes) is 5. The Morgan fingerprint density at radius 2 is 1.74 bits per heavy atom. The lowest BCUT2D eigenvalue weighted by atomic mass is 10.1. The van der Waals surface area contributed by atoms with Crippen molar-refractivity contribution in [2.45, 2.75) is 64.7 Å². The molecule has 19 heavy (non-hydrogen) atoms. The summed E-state index contributed by atoms with van der Waals surface area (Å²) in [7, 11) is 0. The van der Waals surface area contributed by atoms with Gasteiger partial charge in [0.25, 0.3) is 0 Å². The quantitative estimate of drug-likeness (QED) is 0.359. The molecule has 0 unspecified atom stereocenters. The number of allylic oxidation sites excluding steroid dienone is 3. The Kier molecular flexibility index (Phi) is 9.13. The van der Waals surface area contributed by atoms with E-state index in [9.17, 15) is 4.79 Å². The predicted molar refractivity (Wildman–Crippen MR) is 82.1 cm³/mol. The topological polar surface area (TPSA) is 20.3 Å². The third-order valence-electron chi connectivity index (χ3n) is 3.63. The molecule has 0 aromatic carbocycles. The van der Waals surface area contributed by atoms with Crippen molar-refractivity contribution in [1.82, 2.24) is 4.90 Å². The van der Waals surface area contributed by atoms with Crippen LogP contribution >= 0.6 is 0 Å². The number of amides is 1. The maximum Gasteiger partial charge on any atom is 0.246 e. The summed E-state index contributed by atoms with van der Waals surface area (Å²) in [5, 5.41) is 0. The molecular formula is C17H29NO. The fourth-order valence-corrected chi connectivity index (χ4v) is 2.40. The second kappa shape index (κ2) is 10.8. The SMILES string of the molecule is CCCCCCC/C=C/C=C/C(=O)N1CCCCC1. The van der Waals surface area contributed by atoms with E-state index in [1.165, 1.54) is 38.5 Å². The van der Waals surface area contributed by atoms with Crippen LogP contribution in [0.4, 0.5) is 0 Å². The molecular weight excluding hydrogens is 234 g/mol. The monoisotopic (exact) mass is 263 g/mol. The molecule has 1 amide bonds. The Bertz CT molecular complexity index is 288. The molecule has 1 aliphatic heterocycles. The van der Waals surface area contributed by atoms with Gasteiger partial charge in [-0.3, -0.25) is 4.79 Å². The highest BCUT2D eigenvalue weighted by atomic mass is 16.2. The molecule has 1 heterocycles. The number of rotatable bonds is 8. The Morgan fingerprint density at radius 3 is 2.47 bits per heavy atom. The predicted octanol–water partition coefficient (Wildman–Crippen LogP) is 4.47. The molecule has 1 rings (SSSR count). The van der Waals surface area contributed by atoms with E-state index in [0.717, 1.165) is 32.4 Å². The first-order valence-electron chi connectivity index (χ1n) is 7.96. The van der Waals surface area contributed by atoms with E-state index in [0.29, 0.717) is 0 Å². The van der Waals surface area contributed by atoms with Crippen LogP contribution in [0.15, 0.2) is 24.3 Å². The van der Waals surface area contributed by atoms with Crippen LogP contribution in [-0.4, -0.2) is 23.9 Å². The van der Waals surface area contributed by atoms with Crippen LogP contribution in [0.1, 0.15) is 64.7 Å². The van der Waals surface area contributed by atoms with Crippen molar-refractivity contribution in [1.29, 1.82) is 0 Å². The normalized spacial score (nSPS) is 16.6. The van der Waals surface area contributed by atoms with Crippen molar-refractivity contribution in [3.8, 4) is 0 Å². The zero-order chi connectivity index (χ0) is 13.8. The van der Waals surface area contributed by atoms with Gasteiger partial charge in [0, 0.05) is 19.2 Å². The third kappa shape index (κ3) is 7.86. The van der Waals surface area contributed by atoms with E-state index >= 15 is 0 Å². The Balaban J connectivity index is 2.06. The highest BCUT2D eigenvalue weighted by Crippen LogP contribution is 2.09. The van der Waals surface area contributed by atoms with Crippen LogP contribution in [0.3, 0.4) is 0 Å². The van der Waals surface area contributed by atoms with Crippen molar-refractivity contribution < 1.29 is 4.79 Å². The molecule has 0 saturated carbocycles. The van der Waals surface area contributed by atoms with Crippen LogP contribution in [-0.2, 0) is 4.79 Å². The van der Waals surface area contributed by atoms with Crippen molar-refractivity contribution in [2.75, 3.05) is 13.1 Å². The molecule has 0 N–H and O–H groups in total. The summed E-state index contributed by atoms with van der Waals surface area (Å²) in [4.78, 5) is 13.8. The van der Waals surface area contributed by atoms with Gasteiger partial charge in [-0.25, -0.2) is 0 Å². The lowest BCUT2D eigenvalue weighted by Gasteiger charge is -2.25. The Hall–Kier alpha value is -1.05. The highest BCUT2D eigenvalue weighted by Gasteiger charge is 2.12. The molecule has 0 bridgehead atoms. The van der Waals surface area contributed by atoms with E-state index in [1.54, 1.807) is 6.08 Å². The van der Waals surface area contributed by atoms with Gasteiger partial charge >= 0.3 is 0 Å². The van der Waals surface area contributed by atoms with Gasteiger partial charge in [0.2, 0.25) is 5.91 Å². The van der Waals surface area contributed by atoms with Crippen molar-refractivity contribution >= 4 is 5.91 Å². The Labute approximate surface area is 118 Å². The first-order chi connectivity index (χ1) is 9.34. The molecule has 0 spiro atoms. The van der Waals surface area contributed by atoms with Crippen molar-refractivity contribution in [2.24, 2.45) is 0 Å². The fraction of sp³-hybridized carbons (Fsp3) is 0.706. The fourth-order valence-electron chi connectivity index (χ4n) is 2.40. The number of nitrogens with zero attached hydrogens (tertiary/aromatic N) is 1. The second-order valence-electron chi connectivity index (χ2n) is 5.38. The largest absolute Gasteiger partial charge is 0.339 e. The average Bonchev–Trinajstić information content (AvgIpc) is 2.46. The molecule has 0 atom stereocenters. The molecule has 0 aliphatic carbocycles. The summed E-state index contributed by atoms with van der Waals surface area (Å²) >= 11 is 0. The van der Waals surface area contributed by atoms with Crippen LogP contribution < -0.4 is 0 Å². The zero-order valence-electron chi connectivity index (χ0n) is 12.4. The van der Waals surface area contributed by atoms with Crippen LogP contribution in [0.25, 0.3) is 0 Å². The van der Waals surface area contributed by atoms with Gasteiger partial charge in [0.1, 0.15) is 0 Å². The van der Waals surface area contributed by atoms with Gasteiger partial charge < -0.3 is 4.90 Å². The van der Waals surface area contributed by atoms with E-state index < -0.39 is 0 Å². The minimum atomic E-state index is 0.173. The van der Waals surface area contributed by atoms with Gasteiger partial charge in [-0.05, 0) is 32.1 Å². The third-order valence-corrected chi connectivity index (χ3v) is 3.63. The molecule has 2 nitrogen and oxygen atoms in total. The molecule has 1 aliphatic rings. The number of carbonyl (C=O) groups excluding carboxylic acids is 1. The van der Waals surface area contributed by atoms with E-state index in [1.807, 2.05) is 17.1 Å². The Morgan fingerprint density at radius 1 is 1.00 bits per heavy atom. The smallest absolute Gasteiger partial charge is 0.246 e. The highest BCUT2D eigenvalue weighted by molar-refractivity contribution is 5.87. The summed E-state index contributed by atoms with van der Waals surface area (Å²) < 4.78 is 0. The summed E-state index contributed by atoms with van der Waals surface area (Å²) in [5.74, 6) is 0.173. The van der Waals surface area contributed by atoms with Crippen molar-refractivity contribution in [3.05, 3.63) is 24.3 Å². The maximum absolute atomic E-state index is 11.8. The van der Waals surface area contributed by atoms with Gasteiger partial charge in [-0.2, -0.15) is 0 Å². The molecule has 108 valence electrons. The number of hydrogen-bond acceptors (Lipinski definition) is 1. The van der Waals surface area contributed by atoms with Crippen LogP contribution in [0.2, 0.25) is 0 Å². The first kappa shape index (κ1) is 16.0. The molecule has 0 aromatic heterocycles. The van der Waals surface area contributed by atoms with Crippen LogP contribution in [0, 0.1) is 0 Å². The van der Waals surface area contributed by atoms with Gasteiger partial charge in [-0.1, -0.05) is 50.8 Å². The van der Waals surface area contributed by atoms with E-state index in [4.69, 9.17) is 0 Å². The summed E-state index contributed by atoms with van der Waals surface area (Å²) in [5.41, 5.74) is 0. The number of likely N-dealkylation sites (tertiary alicyclic amines) is 1. The van der Waals surface area contributed by atoms with Gasteiger partial charge in [0.05, 0.1) is 0 Å². The molecule has 1 saturated heterocycles. The number of carbonyl (C=O) groups is 1. The lowest BCUT2D eigenvalue weighted by molar-refractivity contribution is -0.126. The maximum atomic E-state index is 11.8. The first-order valence-corrected chi connectivity index (χ1v) is 7.96. The lowest BCUT2D eigenvalue weighted by Crippen LogP contribution is -2.34. The van der Waals surface area contributed by atoms with Crippen molar-refractivity contribution in [3.63, 3.8) is 0 Å². The molecule has 2 heteroatoms. The number of hydrogen-bond donors (Lipinski definition) is 0. The standard InChI is InChI=1S/C17H29NO/c1-2-3-4-5-6-7-8-9-11-14-17(19)18-15-12-10-13-16-18/h8-9,11,14H,2-7,10,12-13,15-16H2,1H3/b9-8+,14-11+. The average molecular weight is 263 g/mol. The van der Waals surface area contributed by atoms with E-state index in [2.05, 4.69) is 13.0 Å². The molecule has 0 radical (unpaired) electrons. The van der Waals surface area contributed by atoms with E-state index in [-0.39, 0.29) is 5.91 Å². The second-order valence-corrected chi connectivity index (χ2v) is 5.38. The van der Waals surface area contributed by atoms with Gasteiger partial charge in [0.15, 0.2) is 0 Å². The summed E-state index contributed by atoms with van der Waals surface area (Å²) in [6.45, 7) is 4.11. The minimum absolute atomic E-state index is 0.173. The van der Waals surface area contributed by atoms with Crippen LogP contribution in [0.5, 0.6) is 0 Å². The minimum Gasteiger partial charge on any atom is -0.339 e.